The summed E-state index contributed by atoms with van der Waals surface area (Å²) in [6, 6.07) is 19.5. The van der Waals surface area contributed by atoms with Crippen LogP contribution in [0.5, 0.6) is 0 Å². The van der Waals surface area contributed by atoms with Crippen molar-refractivity contribution in [3.63, 3.8) is 0 Å². The van der Waals surface area contributed by atoms with Gasteiger partial charge < -0.3 is 8.99 Å². The second-order valence-corrected chi connectivity index (χ2v) is 13.8. The van der Waals surface area contributed by atoms with E-state index in [4.69, 9.17) is 4.43 Å². The quantitative estimate of drug-likeness (QED) is 0.442. The normalized spacial score (nSPS) is 12.7. The highest BCUT2D eigenvalue weighted by atomic mass is 28.4. The fourth-order valence-electron chi connectivity index (χ4n) is 3.41. The fraction of sp³-hybridized carbons (Fsp3) is 0.417. The van der Waals surface area contributed by atoms with E-state index >= 15 is 0 Å². The van der Waals surface area contributed by atoms with Crippen molar-refractivity contribution < 1.29 is 4.43 Å². The molecule has 3 aromatic rings. The number of para-hydroxylation sites is 1. The first kappa shape index (κ1) is 19.9. The van der Waals surface area contributed by atoms with Gasteiger partial charge in [0, 0.05) is 29.7 Å². The van der Waals surface area contributed by atoms with E-state index in [0.717, 1.165) is 19.6 Å². The van der Waals surface area contributed by atoms with Crippen molar-refractivity contribution in [2.24, 2.45) is 0 Å². The second kappa shape index (κ2) is 7.65. The third-order valence-corrected chi connectivity index (χ3v) is 10.7. The maximum atomic E-state index is 6.46. The summed E-state index contributed by atoms with van der Waals surface area (Å²) >= 11 is 0. The Kier molecular flexibility index (Phi) is 5.64. The van der Waals surface area contributed by atoms with E-state index in [1.165, 1.54) is 27.7 Å². The molecular weight excluding hydrogens is 346 g/mol. The maximum absolute atomic E-state index is 6.46. The predicted octanol–water partition coefficient (Wildman–Crippen LogP) is 6.56. The zero-order valence-corrected chi connectivity index (χ0v) is 18.7. The van der Waals surface area contributed by atoms with Crippen LogP contribution < -0.4 is 0 Å². The molecule has 0 fully saturated rings. The van der Waals surface area contributed by atoms with Crippen molar-refractivity contribution in [3.05, 3.63) is 71.4 Å². The average Bonchev–Trinajstić information content (AvgIpc) is 2.87. The predicted molar refractivity (Wildman–Crippen MR) is 119 cm³/mol. The molecule has 0 spiro atoms. The number of nitrogens with zero attached hydrogens (tertiary/aromatic N) is 1. The molecule has 2 nitrogen and oxygen atoms in total. The molecule has 2 aromatic carbocycles. The van der Waals surface area contributed by atoms with E-state index in [2.05, 4.69) is 100.0 Å². The van der Waals surface area contributed by atoms with Crippen LogP contribution in [0.25, 0.3) is 10.9 Å². The zero-order valence-electron chi connectivity index (χ0n) is 17.7. The molecule has 0 amide bonds. The average molecular weight is 380 g/mol. The van der Waals surface area contributed by atoms with Crippen LogP contribution in [-0.4, -0.2) is 19.5 Å². The molecule has 0 aliphatic carbocycles. The summed E-state index contributed by atoms with van der Waals surface area (Å²) in [7, 11) is -1.70. The standard InChI is InChI=1S/C24H33NOSi/c1-19-21(16-17-26-27(5,6)24(2,3)4)22-14-10-11-15-23(22)25(19)18-20-12-8-7-9-13-20/h7-15H,16-18H2,1-6H3. The molecule has 0 aliphatic heterocycles. The molecule has 144 valence electrons. The minimum Gasteiger partial charge on any atom is -0.416 e. The Hall–Kier alpha value is -1.84. The first-order chi connectivity index (χ1) is 12.7. The van der Waals surface area contributed by atoms with Crippen LogP contribution in [0.4, 0.5) is 0 Å². The number of hydrogen-bond acceptors (Lipinski definition) is 1. The summed E-state index contributed by atoms with van der Waals surface area (Å²) in [6.07, 6.45) is 0.973. The van der Waals surface area contributed by atoms with Crippen LogP contribution in [0.15, 0.2) is 54.6 Å². The van der Waals surface area contributed by atoms with Crippen LogP contribution >= 0.6 is 0 Å². The van der Waals surface area contributed by atoms with Gasteiger partial charge in [-0.25, -0.2) is 0 Å². The number of rotatable bonds is 6. The Morgan fingerprint density at radius 2 is 1.56 bits per heavy atom. The molecule has 0 saturated heterocycles. The summed E-state index contributed by atoms with van der Waals surface area (Å²) in [5.41, 5.74) is 5.45. The summed E-state index contributed by atoms with van der Waals surface area (Å²) in [5.74, 6) is 0. The molecule has 0 aliphatic rings. The molecule has 27 heavy (non-hydrogen) atoms. The van der Waals surface area contributed by atoms with Crippen LogP contribution in [0.2, 0.25) is 18.1 Å². The van der Waals surface area contributed by atoms with Crippen LogP contribution in [0, 0.1) is 6.92 Å². The van der Waals surface area contributed by atoms with E-state index in [0.29, 0.717) is 0 Å². The second-order valence-electron chi connectivity index (χ2n) is 9.01. The summed E-state index contributed by atoms with van der Waals surface area (Å²) in [4.78, 5) is 0. The number of fused-ring (bicyclic) bond motifs is 1. The zero-order chi connectivity index (χ0) is 19.7. The third kappa shape index (κ3) is 4.20. The Bertz CT molecular complexity index is 903. The van der Waals surface area contributed by atoms with Gasteiger partial charge in [-0.1, -0.05) is 69.3 Å². The molecule has 0 saturated carbocycles. The third-order valence-electron chi connectivity index (χ3n) is 6.17. The fourth-order valence-corrected chi connectivity index (χ4v) is 4.46. The van der Waals surface area contributed by atoms with Gasteiger partial charge in [-0.05, 0) is 48.7 Å². The number of aromatic nitrogens is 1. The van der Waals surface area contributed by atoms with Crippen molar-refractivity contribution >= 4 is 19.2 Å². The summed E-state index contributed by atoms with van der Waals surface area (Å²) in [6.45, 7) is 15.5. The highest BCUT2D eigenvalue weighted by molar-refractivity contribution is 6.74. The lowest BCUT2D eigenvalue weighted by Crippen LogP contribution is -2.41. The minimum atomic E-state index is -1.70. The Morgan fingerprint density at radius 3 is 2.22 bits per heavy atom. The number of benzene rings is 2. The molecule has 0 N–H and O–H groups in total. The molecule has 3 rings (SSSR count). The van der Waals surface area contributed by atoms with Gasteiger partial charge in [-0.2, -0.15) is 0 Å². The van der Waals surface area contributed by atoms with Crippen molar-refractivity contribution in [2.45, 2.75) is 58.8 Å². The first-order valence-electron chi connectivity index (χ1n) is 9.95. The molecule has 0 bridgehead atoms. The summed E-state index contributed by atoms with van der Waals surface area (Å²) < 4.78 is 8.91. The van der Waals surface area contributed by atoms with Gasteiger partial charge in [0.1, 0.15) is 0 Å². The highest BCUT2D eigenvalue weighted by Gasteiger charge is 2.36. The Balaban J connectivity index is 1.87. The monoisotopic (exact) mass is 379 g/mol. The molecule has 1 aromatic heterocycles. The first-order valence-corrected chi connectivity index (χ1v) is 12.9. The Labute approximate surface area is 165 Å². The van der Waals surface area contributed by atoms with Crippen LogP contribution in [-0.2, 0) is 17.4 Å². The van der Waals surface area contributed by atoms with Crippen LogP contribution in [0.3, 0.4) is 0 Å². The number of hydrogen-bond donors (Lipinski definition) is 0. The van der Waals surface area contributed by atoms with Gasteiger partial charge in [-0.3, -0.25) is 0 Å². The van der Waals surface area contributed by atoms with Crippen molar-refractivity contribution in [1.29, 1.82) is 0 Å². The van der Waals surface area contributed by atoms with Crippen molar-refractivity contribution in [1.82, 2.24) is 4.57 Å². The van der Waals surface area contributed by atoms with Crippen molar-refractivity contribution in [3.8, 4) is 0 Å². The van der Waals surface area contributed by atoms with E-state index in [1.807, 2.05) is 0 Å². The minimum absolute atomic E-state index is 0.253. The van der Waals surface area contributed by atoms with Gasteiger partial charge in [0.25, 0.3) is 0 Å². The SMILES string of the molecule is Cc1c(CCO[Si](C)(C)C(C)(C)C)c2ccccc2n1Cc1ccccc1. The lowest BCUT2D eigenvalue weighted by atomic mass is 10.1. The smallest absolute Gasteiger partial charge is 0.191 e. The van der Waals surface area contributed by atoms with E-state index < -0.39 is 8.32 Å². The van der Waals surface area contributed by atoms with Gasteiger partial charge >= 0.3 is 0 Å². The van der Waals surface area contributed by atoms with Gasteiger partial charge in [0.2, 0.25) is 0 Å². The maximum Gasteiger partial charge on any atom is 0.191 e. The van der Waals surface area contributed by atoms with E-state index in [9.17, 15) is 0 Å². The largest absolute Gasteiger partial charge is 0.416 e. The topological polar surface area (TPSA) is 14.2 Å². The molecule has 0 unspecified atom stereocenters. The molecule has 3 heteroatoms. The van der Waals surface area contributed by atoms with Crippen LogP contribution in [0.1, 0.15) is 37.6 Å². The Morgan fingerprint density at radius 1 is 0.926 bits per heavy atom. The lowest BCUT2D eigenvalue weighted by Gasteiger charge is -2.36. The van der Waals surface area contributed by atoms with Gasteiger partial charge in [0.05, 0.1) is 0 Å². The highest BCUT2D eigenvalue weighted by Crippen LogP contribution is 2.37. The van der Waals surface area contributed by atoms with E-state index in [1.54, 1.807) is 0 Å². The van der Waals surface area contributed by atoms with E-state index in [-0.39, 0.29) is 5.04 Å². The van der Waals surface area contributed by atoms with Gasteiger partial charge in [-0.15, -0.1) is 0 Å². The molecule has 0 radical (unpaired) electrons. The molecular formula is C24H33NOSi. The summed E-state index contributed by atoms with van der Waals surface area (Å²) in [5, 5.41) is 1.62. The lowest BCUT2D eigenvalue weighted by molar-refractivity contribution is 0.292. The van der Waals surface area contributed by atoms with Gasteiger partial charge in [0.15, 0.2) is 8.32 Å². The molecule has 1 heterocycles. The van der Waals surface area contributed by atoms with Crippen molar-refractivity contribution in [2.75, 3.05) is 6.61 Å². The molecule has 0 atom stereocenters.